The van der Waals surface area contributed by atoms with E-state index in [1.807, 2.05) is 47.9 Å². The molecular formula is C21H23FN2O3. The average molecular weight is 370 g/mol. The predicted octanol–water partition coefficient (Wildman–Crippen LogP) is 3.18. The molecule has 1 amide bonds. The fourth-order valence-electron chi connectivity index (χ4n) is 3.66. The molecule has 27 heavy (non-hydrogen) atoms. The number of amides is 1. The van der Waals surface area contributed by atoms with Crippen molar-refractivity contribution in [3.63, 3.8) is 0 Å². The van der Waals surface area contributed by atoms with E-state index in [9.17, 15) is 9.18 Å². The molecule has 2 aromatic carbocycles. The summed E-state index contributed by atoms with van der Waals surface area (Å²) in [4.78, 5) is 17.0. The molecule has 2 aliphatic rings. The van der Waals surface area contributed by atoms with Gasteiger partial charge in [-0.15, -0.1) is 0 Å². The van der Waals surface area contributed by atoms with Crippen LogP contribution in [0.5, 0.6) is 11.5 Å². The zero-order valence-corrected chi connectivity index (χ0v) is 15.6. The number of piperazine rings is 1. The summed E-state index contributed by atoms with van der Waals surface area (Å²) in [5, 5.41) is 0. The number of nitrogens with zero attached hydrogens (tertiary/aromatic N) is 2. The standard InChI is InChI=1S/C21H23FN2O3/c1-21(2,15-7-8-18-19(13-15)27-14-26-18)20(25)24-11-9-23(10-12-24)17-6-4-3-5-16(17)22/h3-8,13H,9-12,14H2,1-2H3. The summed E-state index contributed by atoms with van der Waals surface area (Å²) in [6, 6.07) is 12.4. The van der Waals surface area contributed by atoms with Crippen molar-refractivity contribution in [2.75, 3.05) is 37.9 Å². The monoisotopic (exact) mass is 370 g/mol. The number of carbonyl (C=O) groups excluding carboxylic acids is 1. The normalized spacial score (nSPS) is 16.6. The number of rotatable bonds is 3. The topological polar surface area (TPSA) is 42.0 Å². The minimum absolute atomic E-state index is 0.0644. The van der Waals surface area contributed by atoms with E-state index in [-0.39, 0.29) is 18.5 Å². The maximum absolute atomic E-state index is 14.0. The van der Waals surface area contributed by atoms with E-state index < -0.39 is 5.41 Å². The second-order valence-electron chi connectivity index (χ2n) is 7.42. The first-order valence-electron chi connectivity index (χ1n) is 9.16. The number of hydrogen-bond donors (Lipinski definition) is 0. The van der Waals surface area contributed by atoms with E-state index in [4.69, 9.17) is 9.47 Å². The van der Waals surface area contributed by atoms with Gasteiger partial charge >= 0.3 is 0 Å². The van der Waals surface area contributed by atoms with Crippen molar-refractivity contribution < 1.29 is 18.7 Å². The van der Waals surface area contributed by atoms with E-state index in [1.165, 1.54) is 6.07 Å². The molecule has 6 heteroatoms. The van der Waals surface area contributed by atoms with Gasteiger partial charge in [-0.05, 0) is 43.7 Å². The number of ether oxygens (including phenoxy) is 2. The molecule has 2 aliphatic heterocycles. The van der Waals surface area contributed by atoms with E-state index in [0.717, 1.165) is 5.56 Å². The summed E-state index contributed by atoms with van der Waals surface area (Å²) in [6.07, 6.45) is 0. The Bertz CT molecular complexity index is 860. The van der Waals surface area contributed by atoms with E-state index in [1.54, 1.807) is 12.1 Å². The van der Waals surface area contributed by atoms with Gasteiger partial charge in [-0.25, -0.2) is 4.39 Å². The van der Waals surface area contributed by atoms with Crippen molar-refractivity contribution >= 4 is 11.6 Å². The molecule has 0 aromatic heterocycles. The van der Waals surface area contributed by atoms with E-state index in [2.05, 4.69) is 0 Å². The molecule has 2 heterocycles. The Morgan fingerprint density at radius 3 is 2.44 bits per heavy atom. The van der Waals surface area contributed by atoms with Crippen LogP contribution in [0.15, 0.2) is 42.5 Å². The van der Waals surface area contributed by atoms with Crippen LogP contribution in [0.4, 0.5) is 10.1 Å². The summed E-state index contributed by atoms with van der Waals surface area (Å²) in [5.74, 6) is 1.23. The van der Waals surface area contributed by atoms with Crippen molar-refractivity contribution in [1.29, 1.82) is 0 Å². The van der Waals surface area contributed by atoms with Crippen LogP contribution in [-0.2, 0) is 10.2 Å². The lowest BCUT2D eigenvalue weighted by Gasteiger charge is -2.39. The lowest BCUT2D eigenvalue weighted by Crippen LogP contribution is -2.53. The quantitative estimate of drug-likeness (QED) is 0.832. The third-order valence-corrected chi connectivity index (χ3v) is 5.39. The Morgan fingerprint density at radius 2 is 1.70 bits per heavy atom. The number of para-hydroxylation sites is 1. The number of benzene rings is 2. The Balaban J connectivity index is 1.46. The number of hydrogen-bond acceptors (Lipinski definition) is 4. The zero-order valence-electron chi connectivity index (χ0n) is 15.6. The molecule has 142 valence electrons. The van der Waals surface area contributed by atoms with Crippen LogP contribution in [0.1, 0.15) is 19.4 Å². The largest absolute Gasteiger partial charge is 0.454 e. The van der Waals surface area contributed by atoms with Crippen LogP contribution in [0.2, 0.25) is 0 Å². The highest BCUT2D eigenvalue weighted by Crippen LogP contribution is 2.37. The van der Waals surface area contributed by atoms with Crippen molar-refractivity contribution in [1.82, 2.24) is 4.90 Å². The Hall–Kier alpha value is -2.76. The Morgan fingerprint density at radius 1 is 1.00 bits per heavy atom. The van der Waals surface area contributed by atoms with Crippen LogP contribution in [0.25, 0.3) is 0 Å². The second-order valence-corrected chi connectivity index (χ2v) is 7.42. The summed E-state index contributed by atoms with van der Waals surface area (Å²) >= 11 is 0. The van der Waals surface area contributed by atoms with Crippen LogP contribution in [-0.4, -0.2) is 43.8 Å². The lowest BCUT2D eigenvalue weighted by atomic mass is 9.82. The van der Waals surface area contributed by atoms with Gasteiger partial charge in [0.2, 0.25) is 12.7 Å². The van der Waals surface area contributed by atoms with E-state index >= 15 is 0 Å². The lowest BCUT2D eigenvalue weighted by molar-refractivity contribution is -0.136. The molecular weight excluding hydrogens is 347 g/mol. The zero-order chi connectivity index (χ0) is 19.0. The van der Waals surface area contributed by atoms with Crippen LogP contribution in [0.3, 0.4) is 0 Å². The molecule has 0 spiro atoms. The van der Waals surface area contributed by atoms with Crippen LogP contribution >= 0.6 is 0 Å². The first-order chi connectivity index (χ1) is 13.0. The van der Waals surface area contributed by atoms with Crippen molar-refractivity contribution in [3.8, 4) is 11.5 Å². The molecule has 5 nitrogen and oxygen atoms in total. The van der Waals surface area contributed by atoms with Gasteiger partial charge in [-0.1, -0.05) is 18.2 Å². The van der Waals surface area contributed by atoms with E-state index in [0.29, 0.717) is 43.4 Å². The molecule has 1 saturated heterocycles. The fraction of sp³-hybridized carbons (Fsp3) is 0.381. The first kappa shape index (κ1) is 17.6. The molecule has 0 bridgehead atoms. The Labute approximate surface area is 158 Å². The molecule has 0 N–H and O–H groups in total. The summed E-state index contributed by atoms with van der Waals surface area (Å²) < 4.78 is 24.8. The Kier molecular flexibility index (Phi) is 4.42. The molecule has 0 atom stereocenters. The third-order valence-electron chi connectivity index (χ3n) is 5.39. The van der Waals surface area contributed by atoms with Gasteiger partial charge in [-0.2, -0.15) is 0 Å². The number of carbonyl (C=O) groups is 1. The minimum atomic E-state index is -0.679. The van der Waals surface area contributed by atoms with Gasteiger partial charge in [0.15, 0.2) is 11.5 Å². The number of halogens is 1. The van der Waals surface area contributed by atoms with Gasteiger partial charge in [-0.3, -0.25) is 4.79 Å². The minimum Gasteiger partial charge on any atom is -0.454 e. The first-order valence-corrected chi connectivity index (χ1v) is 9.16. The molecule has 0 saturated carbocycles. The molecule has 0 aliphatic carbocycles. The smallest absolute Gasteiger partial charge is 0.232 e. The van der Waals surface area contributed by atoms with Crippen LogP contribution in [0, 0.1) is 5.82 Å². The maximum atomic E-state index is 14.0. The SMILES string of the molecule is CC(C)(C(=O)N1CCN(c2ccccc2F)CC1)c1ccc2c(c1)OCO2. The van der Waals surface area contributed by atoms with Gasteiger partial charge < -0.3 is 19.3 Å². The summed E-state index contributed by atoms with van der Waals surface area (Å²) in [7, 11) is 0. The predicted molar refractivity (Wildman–Crippen MR) is 101 cm³/mol. The van der Waals surface area contributed by atoms with Crippen molar-refractivity contribution in [2.24, 2.45) is 0 Å². The third kappa shape index (κ3) is 3.20. The van der Waals surface area contributed by atoms with Crippen molar-refractivity contribution in [3.05, 3.63) is 53.8 Å². The molecule has 2 aromatic rings. The number of fused-ring (bicyclic) bond motifs is 1. The van der Waals surface area contributed by atoms with Crippen LogP contribution < -0.4 is 14.4 Å². The molecule has 0 unspecified atom stereocenters. The summed E-state index contributed by atoms with van der Waals surface area (Å²) in [5.41, 5.74) is 0.814. The highest BCUT2D eigenvalue weighted by molar-refractivity contribution is 5.88. The summed E-state index contributed by atoms with van der Waals surface area (Å²) in [6.45, 7) is 6.44. The highest BCUT2D eigenvalue weighted by Gasteiger charge is 2.36. The fourth-order valence-corrected chi connectivity index (χ4v) is 3.66. The molecule has 0 radical (unpaired) electrons. The van der Waals surface area contributed by atoms with Gasteiger partial charge in [0, 0.05) is 26.2 Å². The highest BCUT2D eigenvalue weighted by atomic mass is 19.1. The average Bonchev–Trinajstić information content (AvgIpc) is 3.16. The van der Waals surface area contributed by atoms with Gasteiger partial charge in [0.25, 0.3) is 0 Å². The second kappa shape index (κ2) is 6.76. The van der Waals surface area contributed by atoms with Gasteiger partial charge in [0.05, 0.1) is 11.1 Å². The molecule has 1 fully saturated rings. The van der Waals surface area contributed by atoms with Crippen molar-refractivity contribution in [2.45, 2.75) is 19.3 Å². The number of anilines is 1. The van der Waals surface area contributed by atoms with Gasteiger partial charge in [0.1, 0.15) is 5.82 Å². The molecule has 4 rings (SSSR count). The maximum Gasteiger partial charge on any atom is 0.232 e.